The maximum atomic E-state index is 12.0. The molecule has 0 aromatic heterocycles. The maximum Gasteiger partial charge on any atom is 0.304 e. The Hall–Kier alpha value is -3.28. The van der Waals surface area contributed by atoms with Gasteiger partial charge in [0.2, 0.25) is 5.91 Å². The average molecular weight is 355 g/mol. The molecule has 0 aliphatic carbocycles. The molecule has 1 amide bonds. The molecule has 2 rings (SSSR count). The Labute approximate surface area is 151 Å². The van der Waals surface area contributed by atoms with E-state index in [9.17, 15) is 14.7 Å². The number of rotatable bonds is 8. The molecule has 0 aliphatic rings. The fraction of sp³-hybridized carbons (Fsp3) is 0.200. The lowest BCUT2D eigenvalue weighted by Gasteiger charge is -2.15. The molecule has 0 fully saturated rings. The molecule has 1 atom stereocenters. The van der Waals surface area contributed by atoms with Crippen LogP contribution in [0.4, 0.5) is 0 Å². The van der Waals surface area contributed by atoms with Gasteiger partial charge in [-0.15, -0.1) is 0 Å². The Morgan fingerprint density at radius 2 is 1.92 bits per heavy atom. The zero-order valence-corrected chi connectivity index (χ0v) is 14.4. The first kappa shape index (κ1) is 19.1. The van der Waals surface area contributed by atoms with E-state index in [4.69, 9.17) is 9.84 Å². The number of nitrogens with one attached hydrogen (secondary N) is 1. The molecule has 2 aromatic rings. The fourth-order valence-corrected chi connectivity index (χ4v) is 2.50. The molecule has 0 aliphatic heterocycles. The number of hydrogen-bond donors (Lipinski definition) is 3. The molecular formula is C20H21NO5. The van der Waals surface area contributed by atoms with Crippen molar-refractivity contribution in [1.29, 1.82) is 0 Å². The van der Waals surface area contributed by atoms with Gasteiger partial charge >= 0.3 is 5.97 Å². The SMILES string of the molecule is COc1cc(C=CC(=O)NCC(CC(=O)O)c2ccccc2)ccc1O. The molecule has 2 aromatic carbocycles. The molecule has 0 spiro atoms. The lowest BCUT2D eigenvalue weighted by Crippen LogP contribution is -2.28. The van der Waals surface area contributed by atoms with E-state index in [-0.39, 0.29) is 30.5 Å². The number of carbonyl (C=O) groups is 2. The van der Waals surface area contributed by atoms with Crippen LogP contribution in [-0.2, 0) is 9.59 Å². The zero-order valence-electron chi connectivity index (χ0n) is 14.4. The van der Waals surface area contributed by atoms with E-state index in [1.165, 1.54) is 19.3 Å². The number of ether oxygens (including phenoxy) is 1. The van der Waals surface area contributed by atoms with E-state index in [0.29, 0.717) is 11.3 Å². The van der Waals surface area contributed by atoms with Crippen molar-refractivity contribution in [3.05, 3.63) is 65.7 Å². The summed E-state index contributed by atoms with van der Waals surface area (Å²) in [5, 5.41) is 21.4. The van der Waals surface area contributed by atoms with Gasteiger partial charge in [0.15, 0.2) is 11.5 Å². The molecule has 0 saturated carbocycles. The van der Waals surface area contributed by atoms with Crippen molar-refractivity contribution in [3.8, 4) is 11.5 Å². The minimum absolute atomic E-state index is 0.0217. The van der Waals surface area contributed by atoms with Crippen LogP contribution in [0.3, 0.4) is 0 Å². The highest BCUT2D eigenvalue weighted by Crippen LogP contribution is 2.26. The number of methoxy groups -OCH3 is 1. The lowest BCUT2D eigenvalue weighted by atomic mass is 9.96. The molecule has 26 heavy (non-hydrogen) atoms. The van der Waals surface area contributed by atoms with Crippen LogP contribution < -0.4 is 10.1 Å². The van der Waals surface area contributed by atoms with Gasteiger partial charge in [-0.2, -0.15) is 0 Å². The number of benzene rings is 2. The van der Waals surface area contributed by atoms with E-state index < -0.39 is 5.97 Å². The van der Waals surface area contributed by atoms with Crippen molar-refractivity contribution in [1.82, 2.24) is 5.32 Å². The molecule has 0 radical (unpaired) electrons. The van der Waals surface area contributed by atoms with Gasteiger partial charge in [-0.05, 0) is 29.3 Å². The van der Waals surface area contributed by atoms with Gasteiger partial charge in [0.05, 0.1) is 13.5 Å². The van der Waals surface area contributed by atoms with Crippen LogP contribution in [0.5, 0.6) is 11.5 Å². The number of aromatic hydroxyl groups is 1. The Balaban J connectivity index is 1.98. The molecule has 1 unspecified atom stereocenters. The van der Waals surface area contributed by atoms with Gasteiger partial charge in [0.25, 0.3) is 0 Å². The first-order chi connectivity index (χ1) is 12.5. The summed E-state index contributed by atoms with van der Waals surface area (Å²) in [4.78, 5) is 23.1. The molecule has 136 valence electrons. The number of phenolic OH excluding ortho intramolecular Hbond substituents is 1. The normalized spacial score (nSPS) is 11.9. The van der Waals surface area contributed by atoms with Crippen LogP contribution in [0, 0.1) is 0 Å². The summed E-state index contributed by atoms with van der Waals surface area (Å²) in [6.07, 6.45) is 2.88. The van der Waals surface area contributed by atoms with Crippen molar-refractivity contribution in [2.24, 2.45) is 0 Å². The van der Waals surface area contributed by atoms with Gasteiger partial charge in [-0.1, -0.05) is 36.4 Å². The minimum atomic E-state index is -0.917. The second-order valence-corrected chi connectivity index (χ2v) is 5.72. The van der Waals surface area contributed by atoms with Crippen LogP contribution in [0.1, 0.15) is 23.5 Å². The Morgan fingerprint density at radius 1 is 1.19 bits per heavy atom. The third-order valence-corrected chi connectivity index (χ3v) is 3.85. The lowest BCUT2D eigenvalue weighted by molar-refractivity contribution is -0.137. The van der Waals surface area contributed by atoms with Crippen LogP contribution in [0.25, 0.3) is 6.08 Å². The van der Waals surface area contributed by atoms with Gasteiger partial charge < -0.3 is 20.3 Å². The molecular weight excluding hydrogens is 334 g/mol. The number of carboxylic acids is 1. The summed E-state index contributed by atoms with van der Waals surface area (Å²) in [6, 6.07) is 14.0. The van der Waals surface area contributed by atoms with Crippen molar-refractivity contribution in [3.63, 3.8) is 0 Å². The number of phenols is 1. The van der Waals surface area contributed by atoms with Crippen LogP contribution >= 0.6 is 0 Å². The van der Waals surface area contributed by atoms with Gasteiger partial charge in [0, 0.05) is 18.5 Å². The number of aliphatic carboxylic acids is 1. The third-order valence-electron chi connectivity index (χ3n) is 3.85. The summed E-state index contributed by atoms with van der Waals surface area (Å²) in [6.45, 7) is 0.221. The monoisotopic (exact) mass is 355 g/mol. The first-order valence-corrected chi connectivity index (χ1v) is 8.09. The van der Waals surface area contributed by atoms with Gasteiger partial charge in [-0.25, -0.2) is 0 Å². The second-order valence-electron chi connectivity index (χ2n) is 5.72. The molecule has 6 nitrogen and oxygen atoms in total. The Morgan fingerprint density at radius 3 is 2.58 bits per heavy atom. The summed E-state index contributed by atoms with van der Waals surface area (Å²) in [7, 11) is 1.45. The average Bonchev–Trinajstić information content (AvgIpc) is 2.64. The maximum absolute atomic E-state index is 12.0. The number of carbonyl (C=O) groups excluding carboxylic acids is 1. The summed E-state index contributed by atoms with van der Waals surface area (Å²) in [5.41, 5.74) is 1.56. The van der Waals surface area contributed by atoms with Gasteiger partial charge in [0.1, 0.15) is 0 Å². The smallest absolute Gasteiger partial charge is 0.304 e. The summed E-state index contributed by atoms with van der Waals surface area (Å²) >= 11 is 0. The molecule has 0 bridgehead atoms. The quantitative estimate of drug-likeness (QED) is 0.633. The Kier molecular flexibility index (Phi) is 6.79. The second kappa shape index (κ2) is 9.27. The highest BCUT2D eigenvalue weighted by molar-refractivity contribution is 5.91. The van der Waals surface area contributed by atoms with Crippen LogP contribution in [-0.4, -0.2) is 35.7 Å². The van der Waals surface area contributed by atoms with E-state index in [0.717, 1.165) is 5.56 Å². The standard InChI is InChI=1S/C20H21NO5/c1-26-18-11-14(7-9-17(18)22)8-10-19(23)21-13-16(12-20(24)25)15-5-3-2-4-6-15/h2-11,16,22H,12-13H2,1H3,(H,21,23)(H,24,25). The zero-order chi connectivity index (χ0) is 18.9. The predicted molar refractivity (Wildman–Crippen MR) is 98.1 cm³/mol. The number of carboxylic acid groups (broad SMARTS) is 1. The molecule has 3 N–H and O–H groups in total. The van der Waals surface area contributed by atoms with Crippen molar-refractivity contribution in [2.75, 3.05) is 13.7 Å². The molecule has 0 heterocycles. The Bertz CT molecular complexity index is 786. The van der Waals surface area contributed by atoms with Crippen LogP contribution in [0.15, 0.2) is 54.6 Å². The topological polar surface area (TPSA) is 95.9 Å². The van der Waals surface area contributed by atoms with E-state index in [1.54, 1.807) is 18.2 Å². The highest BCUT2D eigenvalue weighted by Gasteiger charge is 2.16. The highest BCUT2D eigenvalue weighted by atomic mass is 16.5. The third kappa shape index (κ3) is 5.66. The largest absolute Gasteiger partial charge is 0.504 e. The van der Waals surface area contributed by atoms with E-state index in [2.05, 4.69) is 5.32 Å². The van der Waals surface area contributed by atoms with Crippen LogP contribution in [0.2, 0.25) is 0 Å². The van der Waals surface area contributed by atoms with Crippen molar-refractivity contribution >= 4 is 18.0 Å². The first-order valence-electron chi connectivity index (χ1n) is 8.09. The number of hydrogen-bond acceptors (Lipinski definition) is 4. The summed E-state index contributed by atoms with van der Waals surface area (Å²) in [5.74, 6) is -1.21. The van der Waals surface area contributed by atoms with Gasteiger partial charge in [-0.3, -0.25) is 9.59 Å². The molecule has 6 heteroatoms. The fourth-order valence-electron chi connectivity index (χ4n) is 2.50. The summed E-state index contributed by atoms with van der Waals surface area (Å²) < 4.78 is 5.02. The van der Waals surface area contributed by atoms with E-state index in [1.807, 2.05) is 30.3 Å². The van der Waals surface area contributed by atoms with Crippen molar-refractivity contribution in [2.45, 2.75) is 12.3 Å². The number of amides is 1. The molecule has 0 saturated heterocycles. The van der Waals surface area contributed by atoms with E-state index >= 15 is 0 Å². The predicted octanol–water partition coefficient (Wildman–Crippen LogP) is 2.79. The van der Waals surface area contributed by atoms with Crippen molar-refractivity contribution < 1.29 is 24.5 Å². The minimum Gasteiger partial charge on any atom is -0.504 e.